The number of hydrogen-bond acceptors (Lipinski definition) is 1. The number of nitrogens with one attached hydrogen (secondary N) is 1. The topological polar surface area (TPSA) is 17.0 Å². The zero-order chi connectivity index (χ0) is 13.9. The second-order valence-corrected chi connectivity index (χ2v) is 4.42. The molecule has 1 heterocycles. The van der Waals surface area contributed by atoms with Gasteiger partial charge in [-0.3, -0.25) is 0 Å². The van der Waals surface area contributed by atoms with Crippen LogP contribution >= 0.6 is 0 Å². The van der Waals surface area contributed by atoms with Crippen molar-refractivity contribution in [3.05, 3.63) is 59.4 Å². The first-order valence-corrected chi connectivity index (χ1v) is 5.94. The van der Waals surface area contributed by atoms with E-state index in [0.717, 1.165) is 29.8 Å². The van der Waals surface area contributed by atoms with E-state index in [1.807, 2.05) is 30.1 Å². The monoisotopic (exact) mass is 268 g/mol. The average molecular weight is 268 g/mol. The van der Waals surface area contributed by atoms with Gasteiger partial charge in [-0.15, -0.1) is 0 Å². The van der Waals surface area contributed by atoms with E-state index in [-0.39, 0.29) is 0 Å². The van der Waals surface area contributed by atoms with Crippen molar-refractivity contribution in [2.24, 2.45) is 0 Å². The minimum absolute atomic E-state index is 0.571. The van der Waals surface area contributed by atoms with Crippen molar-refractivity contribution < 1.29 is 13.2 Å². The van der Waals surface area contributed by atoms with Crippen LogP contribution in [0.5, 0.6) is 0 Å². The molecule has 0 saturated carbocycles. The molecule has 0 spiro atoms. The molecule has 0 atom stereocenters. The lowest BCUT2D eigenvalue weighted by atomic mass is 10.1. The van der Waals surface area contributed by atoms with Crippen molar-refractivity contribution in [2.45, 2.75) is 19.3 Å². The lowest BCUT2D eigenvalue weighted by Gasteiger charge is -2.08. The zero-order valence-electron chi connectivity index (χ0n) is 10.5. The molecule has 0 aliphatic heterocycles. The average Bonchev–Trinajstić information content (AvgIpc) is 2.77. The van der Waals surface area contributed by atoms with Gasteiger partial charge in [0.1, 0.15) is 0 Å². The maximum Gasteiger partial charge on any atom is 0.416 e. The first-order valence-electron chi connectivity index (χ1n) is 5.94. The first-order chi connectivity index (χ1) is 8.99. The summed E-state index contributed by atoms with van der Waals surface area (Å²) >= 11 is 0. The molecule has 2 rings (SSSR count). The fourth-order valence-corrected chi connectivity index (χ4v) is 1.91. The first kappa shape index (κ1) is 13.7. The Balaban J connectivity index is 2.06. The SMILES string of the molecule is CNCc1ccn(Cc2ccc(C(F)(F)F)cc2)c1. The number of nitrogens with zero attached hydrogens (tertiary/aromatic N) is 1. The predicted molar refractivity (Wildman–Crippen MR) is 67.7 cm³/mol. The van der Waals surface area contributed by atoms with Gasteiger partial charge in [-0.25, -0.2) is 0 Å². The molecule has 1 aromatic carbocycles. The number of halogens is 3. The second kappa shape index (κ2) is 5.48. The standard InChI is InChI=1S/C14H15F3N2/c1-18-8-12-6-7-19(10-12)9-11-2-4-13(5-3-11)14(15,16)17/h2-7,10,18H,8-9H2,1H3. The fourth-order valence-electron chi connectivity index (χ4n) is 1.91. The normalized spacial score (nSPS) is 11.8. The Bertz CT molecular complexity index is 526. The molecule has 2 nitrogen and oxygen atoms in total. The Morgan fingerprint density at radius 3 is 2.32 bits per heavy atom. The van der Waals surface area contributed by atoms with E-state index in [4.69, 9.17) is 0 Å². The summed E-state index contributed by atoms with van der Waals surface area (Å²) in [4.78, 5) is 0. The Labute approximate surface area is 109 Å². The fraction of sp³-hybridized carbons (Fsp3) is 0.286. The minimum Gasteiger partial charge on any atom is -0.350 e. The van der Waals surface area contributed by atoms with Gasteiger partial charge in [-0.1, -0.05) is 12.1 Å². The van der Waals surface area contributed by atoms with E-state index in [1.165, 1.54) is 12.1 Å². The van der Waals surface area contributed by atoms with Gasteiger partial charge < -0.3 is 9.88 Å². The van der Waals surface area contributed by atoms with Gasteiger partial charge in [-0.05, 0) is 36.4 Å². The van der Waals surface area contributed by atoms with E-state index in [1.54, 1.807) is 0 Å². The molecule has 0 amide bonds. The summed E-state index contributed by atoms with van der Waals surface area (Å²) < 4.78 is 39.2. The van der Waals surface area contributed by atoms with Crippen molar-refractivity contribution in [1.29, 1.82) is 0 Å². The second-order valence-electron chi connectivity index (χ2n) is 4.42. The van der Waals surface area contributed by atoms with Gasteiger partial charge in [0.15, 0.2) is 0 Å². The Morgan fingerprint density at radius 2 is 1.74 bits per heavy atom. The van der Waals surface area contributed by atoms with E-state index < -0.39 is 11.7 Å². The highest BCUT2D eigenvalue weighted by molar-refractivity contribution is 5.25. The van der Waals surface area contributed by atoms with Crippen molar-refractivity contribution in [1.82, 2.24) is 9.88 Å². The third-order valence-electron chi connectivity index (χ3n) is 2.84. The van der Waals surface area contributed by atoms with E-state index in [0.29, 0.717) is 6.54 Å². The van der Waals surface area contributed by atoms with Crippen LogP contribution < -0.4 is 5.32 Å². The van der Waals surface area contributed by atoms with Crippen LogP contribution in [0.25, 0.3) is 0 Å². The van der Waals surface area contributed by atoms with Crippen LogP contribution in [0.4, 0.5) is 13.2 Å². The van der Waals surface area contributed by atoms with E-state index >= 15 is 0 Å². The Hall–Kier alpha value is -1.75. The van der Waals surface area contributed by atoms with Crippen molar-refractivity contribution in [2.75, 3.05) is 7.05 Å². The number of rotatable bonds is 4. The van der Waals surface area contributed by atoms with Crippen LogP contribution in [-0.2, 0) is 19.3 Å². The molecule has 0 bridgehead atoms. The summed E-state index contributed by atoms with van der Waals surface area (Å²) in [6.45, 7) is 1.35. The molecule has 1 N–H and O–H groups in total. The summed E-state index contributed by atoms with van der Waals surface area (Å²) in [7, 11) is 1.87. The van der Waals surface area contributed by atoms with Crippen LogP contribution in [0.1, 0.15) is 16.7 Å². The molecule has 2 aromatic rings. The third-order valence-corrected chi connectivity index (χ3v) is 2.84. The summed E-state index contributed by atoms with van der Waals surface area (Å²) in [5, 5.41) is 3.05. The van der Waals surface area contributed by atoms with Crippen molar-refractivity contribution in [3.63, 3.8) is 0 Å². The van der Waals surface area contributed by atoms with E-state index in [9.17, 15) is 13.2 Å². The third kappa shape index (κ3) is 3.61. The number of hydrogen-bond donors (Lipinski definition) is 1. The zero-order valence-corrected chi connectivity index (χ0v) is 10.5. The van der Waals surface area contributed by atoms with Crippen LogP contribution in [0.15, 0.2) is 42.7 Å². The van der Waals surface area contributed by atoms with Crippen LogP contribution in [0, 0.1) is 0 Å². The quantitative estimate of drug-likeness (QED) is 0.900. The predicted octanol–water partition coefficient (Wildman–Crippen LogP) is 3.27. The minimum atomic E-state index is -4.27. The lowest BCUT2D eigenvalue weighted by Crippen LogP contribution is -2.05. The lowest BCUT2D eigenvalue weighted by molar-refractivity contribution is -0.137. The Kier molecular flexibility index (Phi) is 3.95. The summed E-state index contributed by atoms with van der Waals surface area (Å²) in [6.07, 6.45) is -0.371. The van der Waals surface area contributed by atoms with Crippen molar-refractivity contribution >= 4 is 0 Å². The smallest absolute Gasteiger partial charge is 0.350 e. The molecule has 0 aliphatic carbocycles. The summed E-state index contributed by atoms with van der Waals surface area (Å²) in [5.41, 5.74) is 1.38. The molecule has 1 aromatic heterocycles. The van der Waals surface area contributed by atoms with Gasteiger partial charge in [0.05, 0.1) is 5.56 Å². The molecule has 19 heavy (non-hydrogen) atoms. The Morgan fingerprint density at radius 1 is 1.05 bits per heavy atom. The van der Waals surface area contributed by atoms with Gasteiger partial charge in [-0.2, -0.15) is 13.2 Å². The highest BCUT2D eigenvalue weighted by Gasteiger charge is 2.29. The van der Waals surface area contributed by atoms with E-state index in [2.05, 4.69) is 5.32 Å². The highest BCUT2D eigenvalue weighted by Crippen LogP contribution is 2.29. The van der Waals surface area contributed by atoms with Crippen LogP contribution in [-0.4, -0.2) is 11.6 Å². The molecule has 5 heteroatoms. The summed E-state index contributed by atoms with van der Waals surface area (Å²) in [5.74, 6) is 0. The number of aromatic nitrogens is 1. The summed E-state index contributed by atoms with van der Waals surface area (Å²) in [6, 6.07) is 7.25. The van der Waals surface area contributed by atoms with Crippen LogP contribution in [0.2, 0.25) is 0 Å². The van der Waals surface area contributed by atoms with Gasteiger partial charge >= 0.3 is 6.18 Å². The molecule has 0 unspecified atom stereocenters. The molecular formula is C14H15F3N2. The number of alkyl halides is 3. The molecule has 0 saturated heterocycles. The molecule has 0 aliphatic rings. The largest absolute Gasteiger partial charge is 0.416 e. The van der Waals surface area contributed by atoms with Gasteiger partial charge in [0.2, 0.25) is 0 Å². The molecular weight excluding hydrogens is 253 g/mol. The molecule has 102 valence electrons. The number of benzene rings is 1. The van der Waals surface area contributed by atoms with Crippen LogP contribution in [0.3, 0.4) is 0 Å². The molecule has 0 radical (unpaired) electrons. The maximum absolute atomic E-state index is 12.4. The molecule has 0 fully saturated rings. The van der Waals surface area contributed by atoms with Gasteiger partial charge in [0, 0.05) is 25.5 Å². The van der Waals surface area contributed by atoms with Crippen molar-refractivity contribution in [3.8, 4) is 0 Å². The van der Waals surface area contributed by atoms with Gasteiger partial charge in [0.25, 0.3) is 0 Å². The highest BCUT2D eigenvalue weighted by atomic mass is 19.4. The maximum atomic E-state index is 12.4.